The van der Waals surface area contributed by atoms with Gasteiger partial charge in [0.1, 0.15) is 5.69 Å². The lowest BCUT2D eigenvalue weighted by atomic mass is 10.3. The van der Waals surface area contributed by atoms with Crippen LogP contribution in [-0.2, 0) is 0 Å². The summed E-state index contributed by atoms with van der Waals surface area (Å²) in [5.74, 6) is -0.146. The Morgan fingerprint density at radius 3 is 2.86 bits per heavy atom. The highest BCUT2D eigenvalue weighted by atomic mass is 79.9. The van der Waals surface area contributed by atoms with Crippen molar-refractivity contribution in [1.29, 1.82) is 0 Å². The first-order valence-electron chi connectivity index (χ1n) is 4.28. The summed E-state index contributed by atoms with van der Waals surface area (Å²) in [6.45, 7) is 1.36. The molecule has 0 fully saturated rings. The van der Waals surface area contributed by atoms with Crippen molar-refractivity contribution in [2.24, 2.45) is 0 Å². The van der Waals surface area contributed by atoms with Crippen LogP contribution in [0.5, 0.6) is 0 Å². The zero-order valence-corrected chi connectivity index (χ0v) is 9.47. The predicted octanol–water partition coefficient (Wildman–Crippen LogP) is 0.793. The van der Waals surface area contributed by atoms with Crippen LogP contribution < -0.4 is 10.6 Å². The first-order chi connectivity index (χ1) is 6.74. The molecule has 0 radical (unpaired) electrons. The first kappa shape index (κ1) is 11.1. The van der Waals surface area contributed by atoms with Gasteiger partial charge in [-0.15, -0.1) is 0 Å². The minimum absolute atomic E-state index is 0.146. The Morgan fingerprint density at radius 1 is 1.50 bits per heavy atom. The van der Waals surface area contributed by atoms with Gasteiger partial charge in [-0.1, -0.05) is 0 Å². The van der Waals surface area contributed by atoms with Crippen LogP contribution in [0.25, 0.3) is 0 Å². The highest BCUT2D eigenvalue weighted by Gasteiger charge is 2.04. The number of hydrogen-bond donors (Lipinski definition) is 2. The van der Waals surface area contributed by atoms with Crippen LogP contribution >= 0.6 is 15.9 Å². The zero-order valence-electron chi connectivity index (χ0n) is 7.88. The van der Waals surface area contributed by atoms with Gasteiger partial charge in [0.05, 0.1) is 0 Å². The van der Waals surface area contributed by atoms with E-state index in [9.17, 15) is 4.79 Å². The molecule has 0 aliphatic carbocycles. The van der Waals surface area contributed by atoms with Crippen LogP contribution in [0.3, 0.4) is 0 Å². The third-order valence-electron chi connectivity index (χ3n) is 1.62. The lowest BCUT2D eigenvalue weighted by Crippen LogP contribution is -2.30. The van der Waals surface area contributed by atoms with E-state index < -0.39 is 0 Å². The molecule has 14 heavy (non-hydrogen) atoms. The van der Waals surface area contributed by atoms with Crippen LogP contribution in [-0.4, -0.2) is 31.0 Å². The van der Waals surface area contributed by atoms with E-state index in [1.165, 1.54) is 0 Å². The summed E-state index contributed by atoms with van der Waals surface area (Å²) in [6, 6.07) is 3.47. The predicted molar refractivity (Wildman–Crippen MR) is 58.2 cm³/mol. The molecule has 5 heteroatoms. The third-order valence-corrected chi connectivity index (χ3v) is 2.09. The molecule has 2 N–H and O–H groups in total. The smallest absolute Gasteiger partial charge is 0.269 e. The molecule has 4 nitrogen and oxygen atoms in total. The monoisotopic (exact) mass is 257 g/mol. The van der Waals surface area contributed by atoms with Crippen molar-refractivity contribution in [3.63, 3.8) is 0 Å². The molecule has 0 aromatic carbocycles. The maximum atomic E-state index is 11.4. The van der Waals surface area contributed by atoms with Crippen molar-refractivity contribution in [2.45, 2.75) is 0 Å². The van der Waals surface area contributed by atoms with Crippen molar-refractivity contribution in [3.05, 3.63) is 28.5 Å². The number of amides is 1. The first-order valence-corrected chi connectivity index (χ1v) is 5.07. The molecule has 0 spiro atoms. The molecule has 0 unspecified atom stereocenters. The number of likely N-dealkylation sites (N-methyl/N-ethyl adjacent to an activating group) is 1. The number of hydrogen-bond acceptors (Lipinski definition) is 3. The maximum absolute atomic E-state index is 11.4. The quantitative estimate of drug-likeness (QED) is 0.785. The number of carbonyl (C=O) groups is 1. The van der Waals surface area contributed by atoms with E-state index in [0.29, 0.717) is 12.2 Å². The summed E-state index contributed by atoms with van der Waals surface area (Å²) in [6.07, 6.45) is 1.60. The minimum atomic E-state index is -0.146. The van der Waals surface area contributed by atoms with Gasteiger partial charge in [-0.3, -0.25) is 4.79 Å². The second-order valence-corrected chi connectivity index (χ2v) is 3.64. The molecule has 0 saturated carbocycles. The Hall–Kier alpha value is -0.940. The summed E-state index contributed by atoms with van der Waals surface area (Å²) in [5, 5.41) is 5.68. The number of nitrogens with one attached hydrogen (secondary N) is 2. The van der Waals surface area contributed by atoms with Gasteiger partial charge in [-0.2, -0.15) is 0 Å². The Balaban J connectivity index is 2.48. The number of aromatic nitrogens is 1. The van der Waals surface area contributed by atoms with E-state index in [4.69, 9.17) is 0 Å². The summed E-state index contributed by atoms with van der Waals surface area (Å²) < 4.78 is 0.865. The molecule has 1 aromatic rings. The van der Waals surface area contributed by atoms with Gasteiger partial charge >= 0.3 is 0 Å². The Labute approximate surface area is 91.2 Å². The van der Waals surface area contributed by atoms with Crippen LogP contribution in [0, 0.1) is 0 Å². The molecule has 1 heterocycles. The molecule has 0 aliphatic heterocycles. The van der Waals surface area contributed by atoms with Crippen LogP contribution in [0.2, 0.25) is 0 Å². The lowest BCUT2D eigenvalue weighted by molar-refractivity contribution is 0.0949. The van der Waals surface area contributed by atoms with Crippen LogP contribution in [0.1, 0.15) is 10.5 Å². The summed E-state index contributed by atoms with van der Waals surface area (Å²) in [4.78, 5) is 15.4. The average molecular weight is 258 g/mol. The lowest BCUT2D eigenvalue weighted by Gasteiger charge is -2.03. The third kappa shape index (κ3) is 3.43. The summed E-state index contributed by atoms with van der Waals surface area (Å²) in [7, 11) is 1.84. The van der Waals surface area contributed by atoms with E-state index in [2.05, 4.69) is 31.5 Å². The summed E-state index contributed by atoms with van der Waals surface area (Å²) in [5.41, 5.74) is 0.435. The molecule has 1 amide bonds. The van der Waals surface area contributed by atoms with Gasteiger partial charge in [0.2, 0.25) is 0 Å². The van der Waals surface area contributed by atoms with Gasteiger partial charge in [-0.05, 0) is 35.1 Å². The second kappa shape index (κ2) is 5.72. The molecule has 1 aromatic heterocycles. The SMILES string of the molecule is CNCCNC(=O)c1ccc(Br)cn1. The molecule has 0 bridgehead atoms. The van der Waals surface area contributed by atoms with E-state index >= 15 is 0 Å². The summed E-state index contributed by atoms with van der Waals surface area (Å²) >= 11 is 3.25. The van der Waals surface area contributed by atoms with Crippen LogP contribution in [0.4, 0.5) is 0 Å². The fourth-order valence-electron chi connectivity index (χ4n) is 0.902. The molecule has 1 rings (SSSR count). The van der Waals surface area contributed by atoms with Crippen LogP contribution in [0.15, 0.2) is 22.8 Å². The Bertz CT molecular complexity index is 299. The standard InChI is InChI=1S/C9H12BrN3O/c1-11-4-5-12-9(14)8-3-2-7(10)6-13-8/h2-3,6,11H,4-5H2,1H3,(H,12,14). The largest absolute Gasteiger partial charge is 0.349 e. The van der Waals surface area contributed by atoms with Gasteiger partial charge in [0.25, 0.3) is 5.91 Å². The molecule has 0 aliphatic rings. The molecule has 0 atom stereocenters. The normalized spacial score (nSPS) is 9.86. The number of carbonyl (C=O) groups excluding carboxylic acids is 1. The number of nitrogens with zero attached hydrogens (tertiary/aromatic N) is 1. The van der Waals surface area contributed by atoms with Gasteiger partial charge in [0.15, 0.2) is 0 Å². The number of pyridine rings is 1. The highest BCUT2D eigenvalue weighted by molar-refractivity contribution is 9.10. The van der Waals surface area contributed by atoms with Gasteiger partial charge in [0, 0.05) is 23.8 Å². The van der Waals surface area contributed by atoms with Crippen molar-refractivity contribution < 1.29 is 4.79 Å². The molecular formula is C9H12BrN3O. The highest BCUT2D eigenvalue weighted by Crippen LogP contribution is 2.06. The van der Waals surface area contributed by atoms with Crippen molar-refractivity contribution in [2.75, 3.05) is 20.1 Å². The Morgan fingerprint density at radius 2 is 2.29 bits per heavy atom. The second-order valence-electron chi connectivity index (χ2n) is 2.72. The van der Waals surface area contributed by atoms with Gasteiger partial charge < -0.3 is 10.6 Å². The zero-order chi connectivity index (χ0) is 10.4. The van der Waals surface area contributed by atoms with Gasteiger partial charge in [-0.25, -0.2) is 4.98 Å². The van der Waals surface area contributed by atoms with E-state index in [-0.39, 0.29) is 5.91 Å². The van der Waals surface area contributed by atoms with E-state index in [1.54, 1.807) is 18.3 Å². The average Bonchev–Trinajstić information content (AvgIpc) is 2.19. The number of halogens is 1. The molecule has 76 valence electrons. The fourth-order valence-corrected chi connectivity index (χ4v) is 1.14. The topological polar surface area (TPSA) is 54.0 Å². The van der Waals surface area contributed by atoms with Crippen molar-refractivity contribution in [1.82, 2.24) is 15.6 Å². The van der Waals surface area contributed by atoms with E-state index in [1.807, 2.05) is 7.05 Å². The minimum Gasteiger partial charge on any atom is -0.349 e. The van der Waals surface area contributed by atoms with Crippen molar-refractivity contribution in [3.8, 4) is 0 Å². The maximum Gasteiger partial charge on any atom is 0.269 e. The van der Waals surface area contributed by atoms with Crippen molar-refractivity contribution >= 4 is 21.8 Å². The number of rotatable bonds is 4. The fraction of sp³-hybridized carbons (Fsp3) is 0.333. The molecule has 0 saturated heterocycles. The van der Waals surface area contributed by atoms with E-state index in [0.717, 1.165) is 11.0 Å². The Kier molecular flexibility index (Phi) is 4.55. The molecular weight excluding hydrogens is 246 g/mol.